The number of rotatable bonds is 3. The highest BCUT2D eigenvalue weighted by molar-refractivity contribution is 9.10. The first-order valence-electron chi connectivity index (χ1n) is 6.00. The summed E-state index contributed by atoms with van der Waals surface area (Å²) < 4.78 is 3.12. The largest absolute Gasteiger partial charge is 0.316 e. The molecule has 0 saturated carbocycles. The van der Waals surface area contributed by atoms with Gasteiger partial charge < -0.3 is 5.32 Å². The Hall–Kier alpha value is -1.13. The van der Waals surface area contributed by atoms with Crippen molar-refractivity contribution >= 4 is 15.9 Å². The molecular weight excluding hydrogens is 290 g/mol. The first-order chi connectivity index (χ1) is 8.54. The minimum Gasteiger partial charge on any atom is -0.316 e. The summed E-state index contributed by atoms with van der Waals surface area (Å²) in [6.07, 6.45) is 0. The molecule has 1 aromatic heterocycles. The molecule has 1 heterocycles. The first-order valence-corrected chi connectivity index (χ1v) is 6.80. The minimum atomic E-state index is 0.826. The van der Waals surface area contributed by atoms with Gasteiger partial charge in [0.15, 0.2) is 0 Å². The van der Waals surface area contributed by atoms with Gasteiger partial charge in [-0.05, 0) is 57.1 Å². The summed E-state index contributed by atoms with van der Waals surface area (Å²) in [6.45, 7) is 7.10. The van der Waals surface area contributed by atoms with Crippen LogP contribution in [0.2, 0.25) is 0 Å². The third kappa shape index (κ3) is 2.35. The molecule has 96 valence electrons. The zero-order chi connectivity index (χ0) is 13.3. The van der Waals surface area contributed by atoms with Crippen LogP contribution in [0.25, 0.3) is 5.69 Å². The average Bonchev–Trinajstić information content (AvgIpc) is 2.58. The molecule has 2 rings (SSSR count). The zero-order valence-electron chi connectivity index (χ0n) is 11.2. The fourth-order valence-electron chi connectivity index (χ4n) is 2.05. The van der Waals surface area contributed by atoms with E-state index in [2.05, 4.69) is 65.3 Å². The van der Waals surface area contributed by atoms with Crippen molar-refractivity contribution in [2.75, 3.05) is 7.05 Å². The van der Waals surface area contributed by atoms with Crippen LogP contribution in [0.4, 0.5) is 0 Å². The molecule has 0 bridgehead atoms. The lowest BCUT2D eigenvalue weighted by atomic mass is 10.1. The Morgan fingerprint density at radius 1 is 1.28 bits per heavy atom. The third-order valence-electron chi connectivity index (χ3n) is 3.29. The Labute approximate surface area is 116 Å². The second-order valence-electron chi connectivity index (χ2n) is 4.51. The van der Waals surface area contributed by atoms with Gasteiger partial charge in [-0.25, -0.2) is 4.68 Å². The van der Waals surface area contributed by atoms with Gasteiger partial charge in [-0.1, -0.05) is 15.9 Å². The Balaban J connectivity index is 2.59. The van der Waals surface area contributed by atoms with Crippen LogP contribution >= 0.6 is 15.9 Å². The van der Waals surface area contributed by atoms with Crippen molar-refractivity contribution in [2.45, 2.75) is 27.3 Å². The molecule has 3 nitrogen and oxygen atoms in total. The fourth-order valence-corrected chi connectivity index (χ4v) is 2.46. The summed E-state index contributed by atoms with van der Waals surface area (Å²) >= 11 is 3.52. The number of hydrogen-bond acceptors (Lipinski definition) is 2. The number of aromatic nitrogens is 2. The molecule has 0 aliphatic carbocycles. The van der Waals surface area contributed by atoms with Gasteiger partial charge in [-0.3, -0.25) is 0 Å². The molecule has 0 unspecified atom stereocenters. The SMILES string of the molecule is CNCc1cc(Br)ccc1-n1nc(C)c(C)c1C. The van der Waals surface area contributed by atoms with Crippen LogP contribution in [-0.2, 0) is 6.54 Å². The summed E-state index contributed by atoms with van der Waals surface area (Å²) in [7, 11) is 1.96. The number of benzene rings is 1. The Bertz CT molecular complexity index is 573. The van der Waals surface area contributed by atoms with E-state index < -0.39 is 0 Å². The number of nitrogens with zero attached hydrogens (tertiary/aromatic N) is 2. The second-order valence-corrected chi connectivity index (χ2v) is 5.43. The molecule has 0 aliphatic heterocycles. The lowest BCUT2D eigenvalue weighted by Crippen LogP contribution is -2.10. The molecule has 4 heteroatoms. The number of nitrogens with one attached hydrogen (secondary N) is 1. The normalized spacial score (nSPS) is 10.9. The number of hydrogen-bond donors (Lipinski definition) is 1. The molecule has 1 aromatic carbocycles. The van der Waals surface area contributed by atoms with Crippen LogP contribution in [0.1, 0.15) is 22.5 Å². The van der Waals surface area contributed by atoms with E-state index in [0.717, 1.165) is 22.4 Å². The van der Waals surface area contributed by atoms with Crippen LogP contribution < -0.4 is 5.32 Å². The average molecular weight is 308 g/mol. The molecule has 1 N–H and O–H groups in total. The molecule has 0 fully saturated rings. The van der Waals surface area contributed by atoms with Crippen LogP contribution in [0.15, 0.2) is 22.7 Å². The van der Waals surface area contributed by atoms with Crippen LogP contribution in [-0.4, -0.2) is 16.8 Å². The van der Waals surface area contributed by atoms with Crippen molar-refractivity contribution in [1.29, 1.82) is 0 Å². The fraction of sp³-hybridized carbons (Fsp3) is 0.357. The number of aryl methyl sites for hydroxylation is 1. The van der Waals surface area contributed by atoms with Gasteiger partial charge in [-0.15, -0.1) is 0 Å². The van der Waals surface area contributed by atoms with Crippen molar-refractivity contribution in [2.24, 2.45) is 0 Å². The smallest absolute Gasteiger partial charge is 0.0694 e. The second kappa shape index (κ2) is 5.24. The molecule has 0 spiro atoms. The van der Waals surface area contributed by atoms with E-state index in [1.165, 1.54) is 16.8 Å². The zero-order valence-corrected chi connectivity index (χ0v) is 12.8. The maximum Gasteiger partial charge on any atom is 0.0694 e. The Kier molecular flexibility index (Phi) is 3.88. The highest BCUT2D eigenvalue weighted by Crippen LogP contribution is 2.23. The first kappa shape index (κ1) is 13.3. The van der Waals surface area contributed by atoms with E-state index in [1.807, 2.05) is 11.7 Å². The van der Waals surface area contributed by atoms with Gasteiger partial charge in [0.2, 0.25) is 0 Å². The Morgan fingerprint density at radius 2 is 2.00 bits per heavy atom. The summed E-state index contributed by atoms with van der Waals surface area (Å²) in [5.74, 6) is 0. The lowest BCUT2D eigenvalue weighted by molar-refractivity contribution is 0.774. The molecule has 0 atom stereocenters. The minimum absolute atomic E-state index is 0.826. The van der Waals surface area contributed by atoms with Crippen LogP contribution in [0.3, 0.4) is 0 Å². The van der Waals surface area contributed by atoms with Gasteiger partial charge in [0, 0.05) is 16.7 Å². The molecule has 0 radical (unpaired) electrons. The van der Waals surface area contributed by atoms with Crippen molar-refractivity contribution in [1.82, 2.24) is 15.1 Å². The van der Waals surface area contributed by atoms with E-state index in [0.29, 0.717) is 0 Å². The molecule has 2 aromatic rings. The number of halogens is 1. The van der Waals surface area contributed by atoms with Crippen LogP contribution in [0.5, 0.6) is 0 Å². The maximum atomic E-state index is 4.63. The molecule has 0 aliphatic rings. The molecule has 0 saturated heterocycles. The maximum absolute atomic E-state index is 4.63. The van der Waals surface area contributed by atoms with Gasteiger partial charge >= 0.3 is 0 Å². The monoisotopic (exact) mass is 307 g/mol. The summed E-state index contributed by atoms with van der Waals surface area (Å²) in [5, 5.41) is 7.83. The van der Waals surface area contributed by atoms with Gasteiger partial charge in [0.1, 0.15) is 0 Å². The Morgan fingerprint density at radius 3 is 2.56 bits per heavy atom. The van der Waals surface area contributed by atoms with Gasteiger partial charge in [0.25, 0.3) is 0 Å². The van der Waals surface area contributed by atoms with Crippen molar-refractivity contribution in [3.05, 3.63) is 45.2 Å². The van der Waals surface area contributed by atoms with E-state index in [4.69, 9.17) is 0 Å². The molecular formula is C14H18BrN3. The summed E-state index contributed by atoms with van der Waals surface area (Å²) in [6, 6.07) is 6.30. The third-order valence-corrected chi connectivity index (χ3v) is 3.78. The standard InChI is InChI=1S/C14H18BrN3/c1-9-10(2)17-18(11(9)3)14-6-5-13(15)7-12(14)8-16-4/h5-7,16H,8H2,1-4H3. The van der Waals surface area contributed by atoms with Crippen molar-refractivity contribution in [3.63, 3.8) is 0 Å². The quantitative estimate of drug-likeness (QED) is 0.943. The molecule has 18 heavy (non-hydrogen) atoms. The van der Waals surface area contributed by atoms with E-state index in [-0.39, 0.29) is 0 Å². The van der Waals surface area contributed by atoms with E-state index in [1.54, 1.807) is 0 Å². The topological polar surface area (TPSA) is 29.9 Å². The summed E-state index contributed by atoms with van der Waals surface area (Å²) in [4.78, 5) is 0. The van der Waals surface area contributed by atoms with Gasteiger partial charge in [-0.2, -0.15) is 5.10 Å². The van der Waals surface area contributed by atoms with E-state index >= 15 is 0 Å². The predicted molar refractivity (Wildman–Crippen MR) is 78.2 cm³/mol. The van der Waals surface area contributed by atoms with E-state index in [9.17, 15) is 0 Å². The van der Waals surface area contributed by atoms with Crippen molar-refractivity contribution in [3.8, 4) is 5.69 Å². The highest BCUT2D eigenvalue weighted by atomic mass is 79.9. The van der Waals surface area contributed by atoms with Crippen molar-refractivity contribution < 1.29 is 0 Å². The lowest BCUT2D eigenvalue weighted by Gasteiger charge is -2.11. The van der Waals surface area contributed by atoms with Gasteiger partial charge in [0.05, 0.1) is 11.4 Å². The predicted octanol–water partition coefficient (Wildman–Crippen LogP) is 3.28. The highest BCUT2D eigenvalue weighted by Gasteiger charge is 2.12. The van der Waals surface area contributed by atoms with Crippen LogP contribution in [0, 0.1) is 20.8 Å². The summed E-state index contributed by atoms with van der Waals surface area (Å²) in [5.41, 5.74) is 5.92. The molecule has 0 amide bonds.